The number of carboxylic acid groups (broad SMARTS) is 1. The highest BCUT2D eigenvalue weighted by atomic mass is 32.1. The second-order valence-electron chi connectivity index (χ2n) is 8.50. The number of carbonyl (C=O) groups excluding carboxylic acids is 1. The van der Waals surface area contributed by atoms with Crippen LogP contribution in [0.15, 0.2) is 65.4 Å². The van der Waals surface area contributed by atoms with Gasteiger partial charge in [0.05, 0.1) is 6.61 Å². The van der Waals surface area contributed by atoms with Crippen molar-refractivity contribution in [1.82, 2.24) is 4.90 Å². The molecule has 2 aromatic carbocycles. The molecule has 1 aliphatic rings. The highest BCUT2D eigenvalue weighted by Gasteiger charge is 2.38. The summed E-state index contributed by atoms with van der Waals surface area (Å²) in [5.41, 5.74) is 3.28. The number of amides is 1. The molecule has 2 N–H and O–H groups in total. The van der Waals surface area contributed by atoms with Gasteiger partial charge in [-0.25, -0.2) is 0 Å². The van der Waals surface area contributed by atoms with E-state index in [9.17, 15) is 14.7 Å². The standard InChI is InChI=1S/C27H29NO5S/c29-25(30)8-2-1-5-16-33-24-7-4-3-6-23(24)27(32)28(22-13-14-22)26(31)20-11-9-19(10-12-20)21-15-17-34-18-21/h3-4,6-7,9-12,15,17-18,22,27,32H,1-2,5,8,13-14,16H2,(H,29,30). The number of carbonyl (C=O) groups is 2. The number of aliphatic hydroxyl groups is 1. The van der Waals surface area contributed by atoms with Crippen LogP contribution in [0.5, 0.6) is 5.75 Å². The molecule has 3 aromatic rings. The van der Waals surface area contributed by atoms with Gasteiger partial charge in [0.1, 0.15) is 5.75 Å². The molecule has 1 heterocycles. The number of nitrogens with zero attached hydrogens (tertiary/aromatic N) is 1. The van der Waals surface area contributed by atoms with E-state index in [1.54, 1.807) is 28.4 Å². The first-order valence-electron chi connectivity index (χ1n) is 11.6. The lowest BCUT2D eigenvalue weighted by Crippen LogP contribution is -2.37. The molecular weight excluding hydrogens is 450 g/mol. The topological polar surface area (TPSA) is 87.1 Å². The van der Waals surface area contributed by atoms with Crippen molar-refractivity contribution in [1.29, 1.82) is 0 Å². The van der Waals surface area contributed by atoms with Gasteiger partial charge in [-0.3, -0.25) is 9.59 Å². The third-order valence-corrected chi connectivity index (χ3v) is 6.60. The number of aliphatic carboxylic acids is 1. The number of carboxylic acids is 1. The van der Waals surface area contributed by atoms with E-state index in [1.807, 2.05) is 47.8 Å². The first-order chi connectivity index (χ1) is 16.5. The van der Waals surface area contributed by atoms with E-state index < -0.39 is 12.2 Å². The number of hydrogen-bond acceptors (Lipinski definition) is 5. The van der Waals surface area contributed by atoms with Gasteiger partial charge in [0.25, 0.3) is 5.91 Å². The Kier molecular flexibility index (Phi) is 7.98. The first-order valence-corrected chi connectivity index (χ1v) is 12.6. The second kappa shape index (κ2) is 11.3. The monoisotopic (exact) mass is 479 g/mol. The summed E-state index contributed by atoms with van der Waals surface area (Å²) in [4.78, 5) is 25.6. The number of rotatable bonds is 12. The largest absolute Gasteiger partial charge is 0.493 e. The zero-order valence-corrected chi connectivity index (χ0v) is 19.7. The van der Waals surface area contributed by atoms with Gasteiger partial charge in [-0.15, -0.1) is 0 Å². The minimum Gasteiger partial charge on any atom is -0.493 e. The Labute approximate surface area is 203 Å². The van der Waals surface area contributed by atoms with Gasteiger partial charge in [0, 0.05) is 23.6 Å². The predicted octanol–water partition coefficient (Wildman–Crippen LogP) is 5.73. The van der Waals surface area contributed by atoms with Gasteiger partial charge >= 0.3 is 5.97 Å². The lowest BCUT2D eigenvalue weighted by atomic mass is 10.1. The summed E-state index contributed by atoms with van der Waals surface area (Å²) in [5, 5.41) is 24.1. The molecule has 7 heteroatoms. The quantitative estimate of drug-likeness (QED) is 0.256. The highest BCUT2D eigenvalue weighted by molar-refractivity contribution is 7.08. The van der Waals surface area contributed by atoms with Gasteiger partial charge in [-0.1, -0.05) is 30.3 Å². The van der Waals surface area contributed by atoms with E-state index in [0.717, 1.165) is 36.8 Å². The van der Waals surface area contributed by atoms with E-state index in [0.29, 0.717) is 29.9 Å². The number of ether oxygens (including phenoxy) is 1. The molecule has 1 atom stereocenters. The Balaban J connectivity index is 1.44. The van der Waals surface area contributed by atoms with Crippen LogP contribution in [0.2, 0.25) is 0 Å². The van der Waals surface area contributed by atoms with Crippen molar-refractivity contribution in [2.24, 2.45) is 0 Å². The molecule has 1 fully saturated rings. The van der Waals surface area contributed by atoms with Crippen LogP contribution < -0.4 is 4.74 Å². The average Bonchev–Trinajstić information content (AvgIpc) is 3.52. The molecule has 1 aromatic heterocycles. The summed E-state index contributed by atoms with van der Waals surface area (Å²) >= 11 is 1.63. The molecule has 0 bridgehead atoms. The summed E-state index contributed by atoms with van der Waals surface area (Å²) in [7, 11) is 0. The van der Waals surface area contributed by atoms with E-state index in [2.05, 4.69) is 5.38 Å². The molecule has 178 valence electrons. The molecular formula is C27H29NO5S. The Morgan fingerprint density at radius 3 is 2.44 bits per heavy atom. The third-order valence-electron chi connectivity index (χ3n) is 5.91. The lowest BCUT2D eigenvalue weighted by Gasteiger charge is -2.29. The summed E-state index contributed by atoms with van der Waals surface area (Å²) in [6.07, 6.45) is 2.86. The van der Waals surface area contributed by atoms with Crippen LogP contribution in [0.4, 0.5) is 0 Å². The fourth-order valence-corrected chi connectivity index (χ4v) is 4.59. The van der Waals surface area contributed by atoms with Crippen LogP contribution in [-0.2, 0) is 4.79 Å². The summed E-state index contributed by atoms with van der Waals surface area (Å²) in [6.45, 7) is 0.421. The van der Waals surface area contributed by atoms with Crippen molar-refractivity contribution in [3.63, 3.8) is 0 Å². The minimum absolute atomic E-state index is 0.00289. The zero-order chi connectivity index (χ0) is 23.9. The molecule has 1 aliphatic carbocycles. The summed E-state index contributed by atoms with van der Waals surface area (Å²) in [6, 6.07) is 16.8. The van der Waals surface area contributed by atoms with Crippen LogP contribution in [0, 0.1) is 0 Å². The predicted molar refractivity (Wildman–Crippen MR) is 132 cm³/mol. The van der Waals surface area contributed by atoms with E-state index in [4.69, 9.17) is 9.84 Å². The van der Waals surface area contributed by atoms with Crippen LogP contribution in [-0.4, -0.2) is 39.6 Å². The number of unbranched alkanes of at least 4 members (excludes halogenated alkanes) is 2. The molecule has 0 saturated heterocycles. The molecule has 4 rings (SSSR count). The van der Waals surface area contributed by atoms with Gasteiger partial charge in [-0.05, 0) is 78.3 Å². The maximum atomic E-state index is 13.4. The Hall–Kier alpha value is -3.16. The van der Waals surface area contributed by atoms with Gasteiger partial charge in [0.15, 0.2) is 6.23 Å². The number of benzene rings is 2. The maximum absolute atomic E-state index is 13.4. The SMILES string of the molecule is O=C(O)CCCCCOc1ccccc1C(O)N(C(=O)c1ccc(-c2ccsc2)cc1)C1CC1. The Morgan fingerprint density at radius 1 is 1.00 bits per heavy atom. The van der Waals surface area contributed by atoms with Crippen molar-refractivity contribution >= 4 is 23.2 Å². The van der Waals surface area contributed by atoms with Crippen molar-refractivity contribution in [2.45, 2.75) is 50.8 Å². The molecule has 34 heavy (non-hydrogen) atoms. The van der Waals surface area contributed by atoms with Crippen molar-refractivity contribution < 1.29 is 24.5 Å². The third kappa shape index (κ3) is 6.04. The molecule has 6 nitrogen and oxygen atoms in total. The zero-order valence-electron chi connectivity index (χ0n) is 18.9. The normalized spacial score (nSPS) is 13.9. The van der Waals surface area contributed by atoms with Gasteiger partial charge in [0.2, 0.25) is 0 Å². The number of aliphatic hydroxyl groups excluding tert-OH is 1. The van der Waals surface area contributed by atoms with Crippen LogP contribution in [0.3, 0.4) is 0 Å². The molecule has 0 aliphatic heterocycles. The Morgan fingerprint density at radius 2 is 1.76 bits per heavy atom. The van der Waals surface area contributed by atoms with Crippen molar-refractivity contribution in [3.8, 4) is 16.9 Å². The summed E-state index contributed by atoms with van der Waals surface area (Å²) < 4.78 is 5.91. The number of hydrogen-bond donors (Lipinski definition) is 2. The fraction of sp³-hybridized carbons (Fsp3) is 0.333. The van der Waals surface area contributed by atoms with E-state index >= 15 is 0 Å². The molecule has 1 saturated carbocycles. The summed E-state index contributed by atoms with van der Waals surface area (Å²) in [5.74, 6) is -0.449. The van der Waals surface area contributed by atoms with Crippen LogP contribution in [0.1, 0.15) is 60.7 Å². The fourth-order valence-electron chi connectivity index (χ4n) is 3.92. The molecule has 1 amide bonds. The maximum Gasteiger partial charge on any atom is 0.303 e. The molecule has 1 unspecified atom stereocenters. The minimum atomic E-state index is -1.11. The second-order valence-corrected chi connectivity index (χ2v) is 9.28. The molecule has 0 radical (unpaired) electrons. The number of para-hydroxylation sites is 1. The van der Waals surface area contributed by atoms with Crippen LogP contribution in [0.25, 0.3) is 11.1 Å². The average molecular weight is 480 g/mol. The highest BCUT2D eigenvalue weighted by Crippen LogP contribution is 2.37. The van der Waals surface area contributed by atoms with Crippen LogP contribution >= 0.6 is 11.3 Å². The first kappa shape index (κ1) is 24.0. The molecule has 0 spiro atoms. The lowest BCUT2D eigenvalue weighted by molar-refractivity contribution is -0.137. The van der Waals surface area contributed by atoms with Crippen molar-refractivity contribution in [2.75, 3.05) is 6.61 Å². The van der Waals surface area contributed by atoms with E-state index in [-0.39, 0.29) is 18.4 Å². The number of thiophene rings is 1. The Bertz CT molecular complexity index is 1090. The van der Waals surface area contributed by atoms with Gasteiger partial charge in [-0.2, -0.15) is 11.3 Å². The van der Waals surface area contributed by atoms with Gasteiger partial charge < -0.3 is 19.8 Å². The van der Waals surface area contributed by atoms with Crippen molar-refractivity contribution in [3.05, 3.63) is 76.5 Å². The van der Waals surface area contributed by atoms with E-state index in [1.165, 1.54) is 0 Å². The smallest absolute Gasteiger partial charge is 0.303 e.